The summed E-state index contributed by atoms with van der Waals surface area (Å²) in [7, 11) is 1.67. The molecule has 0 spiro atoms. The normalized spacial score (nSPS) is 26.9. The summed E-state index contributed by atoms with van der Waals surface area (Å²) in [5.41, 5.74) is -0.353. The maximum absolute atomic E-state index is 12.5. The van der Waals surface area contributed by atoms with Gasteiger partial charge in [-0.05, 0) is 45.2 Å². The van der Waals surface area contributed by atoms with Gasteiger partial charge in [-0.25, -0.2) is 0 Å². The highest BCUT2D eigenvalue weighted by molar-refractivity contribution is 5.83. The lowest BCUT2D eigenvalue weighted by Crippen LogP contribution is -2.51. The molecule has 2 fully saturated rings. The molecule has 0 bridgehead atoms. The minimum atomic E-state index is -0.353. The molecule has 1 amide bonds. The van der Waals surface area contributed by atoms with Gasteiger partial charge in [0, 0.05) is 20.3 Å². The standard InChI is InChI=1S/C14H26N2O3/c1-18-11-14(5-7-15-8-6-14)13(17)16-10-12-4-2-3-9-19-12/h12,15H,2-11H2,1H3,(H,16,17). The number of methoxy groups -OCH3 is 1. The zero-order valence-corrected chi connectivity index (χ0v) is 11.9. The molecule has 2 heterocycles. The van der Waals surface area contributed by atoms with Gasteiger partial charge in [0.25, 0.3) is 0 Å². The van der Waals surface area contributed by atoms with Crippen molar-refractivity contribution in [1.82, 2.24) is 10.6 Å². The summed E-state index contributed by atoms with van der Waals surface area (Å²) < 4.78 is 10.9. The van der Waals surface area contributed by atoms with Crippen LogP contribution >= 0.6 is 0 Å². The predicted octanol–water partition coefficient (Wildman–Crippen LogP) is 0.688. The Morgan fingerprint density at radius 3 is 2.84 bits per heavy atom. The first-order valence-electron chi connectivity index (χ1n) is 7.36. The van der Waals surface area contributed by atoms with Crippen LogP contribution in [0.4, 0.5) is 0 Å². The molecule has 0 aromatic rings. The van der Waals surface area contributed by atoms with Gasteiger partial charge in [-0.2, -0.15) is 0 Å². The van der Waals surface area contributed by atoms with E-state index in [0.29, 0.717) is 13.2 Å². The third-order valence-electron chi connectivity index (χ3n) is 4.23. The summed E-state index contributed by atoms with van der Waals surface area (Å²) in [6.45, 7) is 3.74. The molecule has 0 saturated carbocycles. The van der Waals surface area contributed by atoms with E-state index in [-0.39, 0.29) is 17.4 Å². The average molecular weight is 270 g/mol. The molecular weight excluding hydrogens is 244 g/mol. The van der Waals surface area contributed by atoms with E-state index in [1.807, 2.05) is 0 Å². The SMILES string of the molecule is COCC1(C(=O)NCC2CCCCO2)CCNCC1. The first-order valence-corrected chi connectivity index (χ1v) is 7.36. The molecule has 0 aromatic heterocycles. The van der Waals surface area contributed by atoms with Gasteiger partial charge < -0.3 is 20.1 Å². The summed E-state index contributed by atoms with van der Waals surface area (Å²) in [6, 6.07) is 0. The van der Waals surface area contributed by atoms with Gasteiger partial charge in [0.2, 0.25) is 5.91 Å². The first-order chi connectivity index (χ1) is 9.27. The second kappa shape index (κ2) is 7.22. The fraction of sp³-hybridized carbons (Fsp3) is 0.929. The van der Waals surface area contributed by atoms with Crippen LogP contribution in [0.3, 0.4) is 0 Å². The van der Waals surface area contributed by atoms with Gasteiger partial charge in [0.05, 0.1) is 18.1 Å². The van der Waals surface area contributed by atoms with E-state index in [9.17, 15) is 4.79 Å². The second-order valence-electron chi connectivity index (χ2n) is 5.66. The van der Waals surface area contributed by atoms with Gasteiger partial charge in [-0.3, -0.25) is 4.79 Å². The van der Waals surface area contributed by atoms with Crippen molar-refractivity contribution in [1.29, 1.82) is 0 Å². The van der Waals surface area contributed by atoms with Crippen LogP contribution in [0.2, 0.25) is 0 Å². The Morgan fingerprint density at radius 2 is 2.21 bits per heavy atom. The molecule has 2 N–H and O–H groups in total. The average Bonchev–Trinajstić information content (AvgIpc) is 2.47. The van der Waals surface area contributed by atoms with Crippen LogP contribution in [0.25, 0.3) is 0 Å². The van der Waals surface area contributed by atoms with Gasteiger partial charge in [0.1, 0.15) is 0 Å². The van der Waals surface area contributed by atoms with Crippen LogP contribution in [0.15, 0.2) is 0 Å². The topological polar surface area (TPSA) is 59.6 Å². The highest BCUT2D eigenvalue weighted by atomic mass is 16.5. The molecule has 5 nitrogen and oxygen atoms in total. The Kier molecular flexibility index (Phi) is 5.60. The van der Waals surface area contributed by atoms with Crippen molar-refractivity contribution in [2.24, 2.45) is 5.41 Å². The van der Waals surface area contributed by atoms with E-state index >= 15 is 0 Å². The smallest absolute Gasteiger partial charge is 0.228 e. The Hall–Kier alpha value is -0.650. The number of hydrogen-bond acceptors (Lipinski definition) is 4. The minimum Gasteiger partial charge on any atom is -0.384 e. The summed E-state index contributed by atoms with van der Waals surface area (Å²) in [5, 5.41) is 6.37. The highest BCUT2D eigenvalue weighted by Crippen LogP contribution is 2.29. The maximum atomic E-state index is 12.5. The van der Waals surface area contributed by atoms with Crippen molar-refractivity contribution in [2.45, 2.75) is 38.2 Å². The molecule has 2 aliphatic rings. The second-order valence-corrected chi connectivity index (χ2v) is 5.66. The van der Waals surface area contributed by atoms with E-state index in [2.05, 4.69) is 10.6 Å². The lowest BCUT2D eigenvalue weighted by atomic mass is 9.78. The molecule has 2 rings (SSSR count). The van der Waals surface area contributed by atoms with Crippen LogP contribution in [-0.2, 0) is 14.3 Å². The van der Waals surface area contributed by atoms with Crippen LogP contribution in [0.1, 0.15) is 32.1 Å². The number of carbonyl (C=O) groups excluding carboxylic acids is 1. The fourth-order valence-electron chi connectivity index (χ4n) is 2.98. The van der Waals surface area contributed by atoms with Crippen molar-refractivity contribution >= 4 is 5.91 Å². The zero-order chi connectivity index (χ0) is 13.6. The molecule has 110 valence electrons. The molecule has 19 heavy (non-hydrogen) atoms. The highest BCUT2D eigenvalue weighted by Gasteiger charge is 2.39. The first kappa shape index (κ1) is 14.8. The molecule has 2 saturated heterocycles. The zero-order valence-electron chi connectivity index (χ0n) is 11.9. The van der Waals surface area contributed by atoms with Gasteiger partial charge >= 0.3 is 0 Å². The van der Waals surface area contributed by atoms with E-state index in [1.54, 1.807) is 7.11 Å². The molecular formula is C14H26N2O3. The summed E-state index contributed by atoms with van der Waals surface area (Å²) in [6.07, 6.45) is 5.28. The Bertz CT molecular complexity index is 279. The van der Waals surface area contributed by atoms with E-state index < -0.39 is 0 Å². The Balaban J connectivity index is 1.84. The summed E-state index contributed by atoms with van der Waals surface area (Å²) in [5.74, 6) is 0.130. The summed E-state index contributed by atoms with van der Waals surface area (Å²) in [4.78, 5) is 12.5. The Labute approximate surface area is 115 Å². The van der Waals surface area contributed by atoms with Crippen LogP contribution in [-0.4, -0.2) is 52.0 Å². The number of ether oxygens (including phenoxy) is 2. The number of rotatable bonds is 5. The summed E-state index contributed by atoms with van der Waals surface area (Å²) >= 11 is 0. The van der Waals surface area contributed by atoms with Crippen LogP contribution in [0.5, 0.6) is 0 Å². The lowest BCUT2D eigenvalue weighted by molar-refractivity contribution is -0.137. The number of hydrogen-bond donors (Lipinski definition) is 2. The van der Waals surface area contributed by atoms with Crippen molar-refractivity contribution in [3.63, 3.8) is 0 Å². The molecule has 0 radical (unpaired) electrons. The van der Waals surface area contributed by atoms with Crippen molar-refractivity contribution < 1.29 is 14.3 Å². The minimum absolute atomic E-state index is 0.130. The monoisotopic (exact) mass is 270 g/mol. The van der Waals surface area contributed by atoms with Crippen LogP contribution < -0.4 is 10.6 Å². The Morgan fingerprint density at radius 1 is 1.42 bits per heavy atom. The van der Waals surface area contributed by atoms with Crippen molar-refractivity contribution in [3.05, 3.63) is 0 Å². The third kappa shape index (κ3) is 3.91. The molecule has 0 aromatic carbocycles. The number of piperidine rings is 1. The van der Waals surface area contributed by atoms with Crippen LogP contribution in [0, 0.1) is 5.41 Å². The molecule has 0 aliphatic carbocycles. The lowest BCUT2D eigenvalue weighted by Gasteiger charge is -2.36. The third-order valence-corrected chi connectivity index (χ3v) is 4.23. The molecule has 5 heteroatoms. The number of nitrogens with one attached hydrogen (secondary N) is 2. The van der Waals surface area contributed by atoms with Gasteiger partial charge in [0.15, 0.2) is 0 Å². The fourth-order valence-corrected chi connectivity index (χ4v) is 2.98. The largest absolute Gasteiger partial charge is 0.384 e. The molecule has 2 aliphatic heterocycles. The van der Waals surface area contributed by atoms with E-state index in [0.717, 1.165) is 45.4 Å². The maximum Gasteiger partial charge on any atom is 0.228 e. The number of carbonyl (C=O) groups is 1. The van der Waals surface area contributed by atoms with Crippen molar-refractivity contribution in [2.75, 3.05) is 40.0 Å². The van der Waals surface area contributed by atoms with Crippen molar-refractivity contribution in [3.8, 4) is 0 Å². The predicted molar refractivity (Wildman–Crippen MR) is 73.0 cm³/mol. The van der Waals surface area contributed by atoms with Gasteiger partial charge in [-0.15, -0.1) is 0 Å². The van der Waals surface area contributed by atoms with E-state index in [4.69, 9.17) is 9.47 Å². The van der Waals surface area contributed by atoms with E-state index in [1.165, 1.54) is 6.42 Å². The quantitative estimate of drug-likeness (QED) is 0.771. The molecule has 1 atom stereocenters. The van der Waals surface area contributed by atoms with Gasteiger partial charge in [-0.1, -0.05) is 0 Å². The molecule has 1 unspecified atom stereocenters. The number of amides is 1.